The second-order valence-electron chi connectivity index (χ2n) is 5.12. The van der Waals surface area contributed by atoms with Crippen molar-refractivity contribution < 1.29 is 4.42 Å². The van der Waals surface area contributed by atoms with Crippen LogP contribution >= 0.6 is 0 Å². The summed E-state index contributed by atoms with van der Waals surface area (Å²) in [5.41, 5.74) is 3.02. The number of rotatable bonds is 3. The Balaban J connectivity index is 1.79. The third-order valence-corrected chi connectivity index (χ3v) is 3.61. The largest absolute Gasteiger partial charge is 0.441 e. The van der Waals surface area contributed by atoms with E-state index in [1.54, 1.807) is 0 Å². The third kappa shape index (κ3) is 2.20. The number of nitrogens with zero attached hydrogens (tertiary/aromatic N) is 2. The molecule has 96 valence electrons. The van der Waals surface area contributed by atoms with Crippen LogP contribution in [0.2, 0.25) is 0 Å². The van der Waals surface area contributed by atoms with Gasteiger partial charge in [-0.1, -0.05) is 0 Å². The Kier molecular flexibility index (Phi) is 2.96. The fourth-order valence-electron chi connectivity index (χ4n) is 2.63. The van der Waals surface area contributed by atoms with Crippen molar-refractivity contribution in [2.45, 2.75) is 13.3 Å². The Bertz CT molecular complexity index is 543. The number of benzene rings is 1. The van der Waals surface area contributed by atoms with E-state index in [2.05, 4.69) is 34.4 Å². The average Bonchev–Trinajstić information content (AvgIpc) is 2.95. The highest BCUT2D eigenvalue weighted by Crippen LogP contribution is 2.23. The molecule has 0 bridgehead atoms. The minimum absolute atomic E-state index is 0.727. The molecule has 1 aromatic heterocycles. The second-order valence-corrected chi connectivity index (χ2v) is 5.12. The first-order valence-electron chi connectivity index (χ1n) is 6.51. The van der Waals surface area contributed by atoms with Crippen LogP contribution < -0.4 is 10.2 Å². The average molecular weight is 245 g/mol. The van der Waals surface area contributed by atoms with E-state index in [0.717, 1.165) is 42.5 Å². The Morgan fingerprint density at radius 1 is 1.50 bits per heavy atom. The maximum atomic E-state index is 5.50. The predicted octanol–water partition coefficient (Wildman–Crippen LogP) is 2.18. The van der Waals surface area contributed by atoms with Crippen molar-refractivity contribution in [3.8, 4) is 0 Å². The minimum atomic E-state index is 0.727. The topological polar surface area (TPSA) is 41.3 Å². The van der Waals surface area contributed by atoms with Gasteiger partial charge >= 0.3 is 0 Å². The van der Waals surface area contributed by atoms with Crippen LogP contribution in [-0.4, -0.2) is 31.7 Å². The van der Waals surface area contributed by atoms with Gasteiger partial charge in [0.2, 0.25) is 0 Å². The molecule has 0 saturated carbocycles. The van der Waals surface area contributed by atoms with Crippen LogP contribution in [0.3, 0.4) is 0 Å². The molecule has 1 N–H and O–H groups in total. The van der Waals surface area contributed by atoms with Gasteiger partial charge in [0.1, 0.15) is 5.52 Å². The number of fused-ring (bicyclic) bond motifs is 1. The summed E-state index contributed by atoms with van der Waals surface area (Å²) in [4.78, 5) is 6.69. The lowest BCUT2D eigenvalue weighted by Gasteiger charge is -2.22. The quantitative estimate of drug-likeness (QED) is 0.900. The third-order valence-electron chi connectivity index (χ3n) is 3.61. The van der Waals surface area contributed by atoms with Gasteiger partial charge in [0, 0.05) is 26.2 Å². The van der Waals surface area contributed by atoms with Gasteiger partial charge in [-0.05, 0) is 43.6 Å². The van der Waals surface area contributed by atoms with Crippen molar-refractivity contribution in [2.24, 2.45) is 5.92 Å². The molecule has 3 rings (SSSR count). The highest BCUT2D eigenvalue weighted by molar-refractivity contribution is 5.77. The Labute approximate surface area is 107 Å². The number of hydrogen-bond acceptors (Lipinski definition) is 4. The smallest absolute Gasteiger partial charge is 0.192 e. The molecule has 2 aromatic rings. The van der Waals surface area contributed by atoms with Gasteiger partial charge in [-0.25, -0.2) is 4.98 Å². The van der Waals surface area contributed by atoms with E-state index in [1.807, 2.05) is 13.0 Å². The zero-order valence-electron chi connectivity index (χ0n) is 10.9. The van der Waals surface area contributed by atoms with Crippen LogP contribution in [0, 0.1) is 12.8 Å². The molecule has 1 saturated heterocycles. The predicted molar refractivity (Wildman–Crippen MR) is 73.0 cm³/mol. The van der Waals surface area contributed by atoms with E-state index in [-0.39, 0.29) is 0 Å². The van der Waals surface area contributed by atoms with Gasteiger partial charge in [-0.2, -0.15) is 0 Å². The first-order chi connectivity index (χ1) is 8.72. The fourth-order valence-corrected chi connectivity index (χ4v) is 2.63. The molecule has 1 atom stereocenters. The molecule has 0 amide bonds. The van der Waals surface area contributed by atoms with Gasteiger partial charge in [0.15, 0.2) is 11.5 Å². The highest BCUT2D eigenvalue weighted by atomic mass is 16.3. The molecule has 0 radical (unpaired) electrons. The SMILES string of the molecule is Cc1nc2cc(N(C)CC3CCNC3)ccc2o1. The fraction of sp³-hybridized carbons (Fsp3) is 0.500. The molecule has 0 aliphatic carbocycles. The molecule has 1 fully saturated rings. The molecule has 1 unspecified atom stereocenters. The normalized spacial score (nSPS) is 19.6. The van der Waals surface area contributed by atoms with E-state index in [1.165, 1.54) is 12.1 Å². The molecule has 2 heterocycles. The number of oxazole rings is 1. The summed E-state index contributed by atoms with van der Waals surface area (Å²) >= 11 is 0. The van der Waals surface area contributed by atoms with Crippen LogP contribution in [0.25, 0.3) is 11.1 Å². The van der Waals surface area contributed by atoms with Crippen molar-refractivity contribution in [1.29, 1.82) is 0 Å². The molecular weight excluding hydrogens is 226 g/mol. The molecular formula is C14H19N3O. The van der Waals surface area contributed by atoms with Gasteiger partial charge in [-0.3, -0.25) is 0 Å². The van der Waals surface area contributed by atoms with Gasteiger partial charge in [-0.15, -0.1) is 0 Å². The first-order valence-corrected chi connectivity index (χ1v) is 6.51. The van der Waals surface area contributed by atoms with Gasteiger partial charge in [0.05, 0.1) is 0 Å². The summed E-state index contributed by atoms with van der Waals surface area (Å²) in [7, 11) is 2.15. The number of aryl methyl sites for hydroxylation is 1. The maximum absolute atomic E-state index is 5.50. The molecule has 4 nitrogen and oxygen atoms in total. The summed E-state index contributed by atoms with van der Waals surface area (Å²) < 4.78 is 5.50. The van der Waals surface area contributed by atoms with Crippen molar-refractivity contribution in [3.05, 3.63) is 24.1 Å². The van der Waals surface area contributed by atoms with Crippen LogP contribution in [-0.2, 0) is 0 Å². The molecule has 0 spiro atoms. The van der Waals surface area contributed by atoms with E-state index < -0.39 is 0 Å². The molecule has 1 aromatic carbocycles. The lowest BCUT2D eigenvalue weighted by molar-refractivity contribution is 0.561. The maximum Gasteiger partial charge on any atom is 0.192 e. The second kappa shape index (κ2) is 4.61. The van der Waals surface area contributed by atoms with Crippen LogP contribution in [0.5, 0.6) is 0 Å². The van der Waals surface area contributed by atoms with Crippen LogP contribution in [0.15, 0.2) is 22.6 Å². The molecule has 1 aliphatic rings. The minimum Gasteiger partial charge on any atom is -0.441 e. The lowest BCUT2D eigenvalue weighted by Crippen LogP contribution is -2.26. The Morgan fingerprint density at radius 2 is 2.39 bits per heavy atom. The van der Waals surface area contributed by atoms with Crippen LogP contribution in [0.4, 0.5) is 5.69 Å². The van der Waals surface area contributed by atoms with E-state index in [4.69, 9.17) is 4.42 Å². The van der Waals surface area contributed by atoms with Crippen LogP contribution in [0.1, 0.15) is 12.3 Å². The zero-order chi connectivity index (χ0) is 12.5. The van der Waals surface area contributed by atoms with E-state index in [9.17, 15) is 0 Å². The van der Waals surface area contributed by atoms with E-state index in [0.29, 0.717) is 0 Å². The summed E-state index contributed by atoms with van der Waals surface area (Å²) in [5, 5.41) is 3.41. The summed E-state index contributed by atoms with van der Waals surface area (Å²) in [6, 6.07) is 6.22. The van der Waals surface area contributed by atoms with Crippen molar-refractivity contribution in [3.63, 3.8) is 0 Å². The molecule has 1 aliphatic heterocycles. The number of hydrogen-bond donors (Lipinski definition) is 1. The van der Waals surface area contributed by atoms with Gasteiger partial charge in [0.25, 0.3) is 0 Å². The van der Waals surface area contributed by atoms with Crippen molar-refractivity contribution in [1.82, 2.24) is 10.3 Å². The number of aromatic nitrogens is 1. The lowest BCUT2D eigenvalue weighted by atomic mass is 10.1. The summed E-state index contributed by atoms with van der Waals surface area (Å²) in [6.45, 7) is 5.26. The van der Waals surface area contributed by atoms with Crippen molar-refractivity contribution in [2.75, 3.05) is 31.6 Å². The summed E-state index contributed by atoms with van der Waals surface area (Å²) in [5.74, 6) is 1.48. The number of nitrogens with one attached hydrogen (secondary N) is 1. The first kappa shape index (κ1) is 11.5. The molecule has 18 heavy (non-hydrogen) atoms. The highest BCUT2D eigenvalue weighted by Gasteiger charge is 2.17. The van der Waals surface area contributed by atoms with E-state index >= 15 is 0 Å². The summed E-state index contributed by atoms with van der Waals surface area (Å²) in [6.07, 6.45) is 1.27. The van der Waals surface area contributed by atoms with Crippen molar-refractivity contribution >= 4 is 16.8 Å². The molecule has 4 heteroatoms. The van der Waals surface area contributed by atoms with Gasteiger partial charge < -0.3 is 14.6 Å². The monoisotopic (exact) mass is 245 g/mol. The number of anilines is 1. The Hall–Kier alpha value is -1.55. The Morgan fingerprint density at radius 3 is 3.17 bits per heavy atom. The standard InChI is InChI=1S/C14H19N3O/c1-10-16-13-7-12(3-4-14(13)18-10)17(2)9-11-5-6-15-8-11/h3-4,7,11,15H,5-6,8-9H2,1-2H3. The zero-order valence-corrected chi connectivity index (χ0v) is 10.9.